The second-order valence-electron chi connectivity index (χ2n) is 7.30. The van der Waals surface area contributed by atoms with Crippen molar-refractivity contribution >= 4 is 16.6 Å². The van der Waals surface area contributed by atoms with Crippen molar-refractivity contribution < 1.29 is 9.13 Å². The molecule has 1 aromatic heterocycles. The Morgan fingerprint density at radius 1 is 1.21 bits per heavy atom. The number of halogens is 1. The Hall–Kier alpha value is -2.73. The molecule has 0 aliphatic carbocycles. The van der Waals surface area contributed by atoms with E-state index in [0.717, 1.165) is 11.3 Å². The van der Waals surface area contributed by atoms with Crippen LogP contribution in [0.15, 0.2) is 53.3 Å². The molecular formula is C23H28FN3O2. The van der Waals surface area contributed by atoms with Gasteiger partial charge in [-0.15, -0.1) is 0 Å². The second kappa shape index (κ2) is 9.65. The van der Waals surface area contributed by atoms with E-state index in [1.54, 1.807) is 11.7 Å². The summed E-state index contributed by atoms with van der Waals surface area (Å²) in [6.45, 7) is 2.51. The van der Waals surface area contributed by atoms with Crippen LogP contribution in [0.4, 0.5) is 10.1 Å². The second-order valence-corrected chi connectivity index (χ2v) is 7.30. The number of nitrogens with zero attached hydrogens (tertiary/aromatic N) is 3. The Kier molecular flexibility index (Phi) is 6.99. The first kappa shape index (κ1) is 21.0. The molecule has 0 saturated heterocycles. The van der Waals surface area contributed by atoms with Crippen LogP contribution >= 0.6 is 0 Å². The van der Waals surface area contributed by atoms with Gasteiger partial charge >= 0.3 is 0 Å². The summed E-state index contributed by atoms with van der Waals surface area (Å²) in [5.41, 5.74) is 2.61. The zero-order valence-electron chi connectivity index (χ0n) is 17.3. The van der Waals surface area contributed by atoms with Crippen molar-refractivity contribution in [3.05, 3.63) is 70.3 Å². The number of hydrogen-bond acceptors (Lipinski definition) is 4. The van der Waals surface area contributed by atoms with Gasteiger partial charge in [0.25, 0.3) is 5.56 Å². The largest absolute Gasteiger partial charge is 0.383 e. The minimum Gasteiger partial charge on any atom is -0.383 e. The number of aryl methyl sites for hydroxylation is 1. The molecule has 0 aliphatic rings. The summed E-state index contributed by atoms with van der Waals surface area (Å²) in [5, 5.41) is 0.564. The number of ether oxygens (including phenoxy) is 1. The van der Waals surface area contributed by atoms with Gasteiger partial charge in [0.15, 0.2) is 0 Å². The van der Waals surface area contributed by atoms with Gasteiger partial charge in [-0.05, 0) is 43.5 Å². The van der Waals surface area contributed by atoms with Crippen LogP contribution < -0.4 is 10.5 Å². The standard InChI is InChI=1S/C23H28FN3O2/c1-17-25-22-11-10-19(26(2)13-7-12-24)15-21(22)23(28)27(17)20(16-29-3)14-18-8-5-4-6-9-18/h4-6,8-11,15,20H,7,12-14,16H2,1-3H3/t20-/m0/s1. The molecule has 29 heavy (non-hydrogen) atoms. The Labute approximate surface area is 170 Å². The van der Waals surface area contributed by atoms with E-state index in [1.807, 2.05) is 55.3 Å². The van der Waals surface area contributed by atoms with E-state index >= 15 is 0 Å². The van der Waals surface area contributed by atoms with Gasteiger partial charge in [0.05, 0.1) is 30.2 Å². The van der Waals surface area contributed by atoms with E-state index in [2.05, 4.69) is 17.1 Å². The summed E-state index contributed by atoms with van der Waals surface area (Å²) in [7, 11) is 3.55. The first-order valence-electron chi connectivity index (χ1n) is 9.88. The average molecular weight is 397 g/mol. The third-order valence-corrected chi connectivity index (χ3v) is 5.17. The number of methoxy groups -OCH3 is 1. The minimum atomic E-state index is -0.357. The Balaban J connectivity index is 2.04. The molecule has 0 amide bonds. The summed E-state index contributed by atoms with van der Waals surface area (Å²) in [4.78, 5) is 20.1. The Bertz CT molecular complexity index is 1000. The van der Waals surface area contributed by atoms with E-state index < -0.39 is 0 Å². The molecule has 0 aliphatic heterocycles. The molecule has 154 valence electrons. The van der Waals surface area contributed by atoms with E-state index in [-0.39, 0.29) is 18.3 Å². The molecule has 0 radical (unpaired) electrons. The molecule has 3 aromatic rings. The summed E-state index contributed by atoms with van der Waals surface area (Å²) in [6.07, 6.45) is 1.14. The summed E-state index contributed by atoms with van der Waals surface area (Å²) >= 11 is 0. The number of rotatable bonds is 9. The summed E-state index contributed by atoms with van der Waals surface area (Å²) < 4.78 is 19.7. The number of fused-ring (bicyclic) bond motifs is 1. The van der Waals surface area contributed by atoms with E-state index in [4.69, 9.17) is 4.74 Å². The van der Waals surface area contributed by atoms with Crippen molar-refractivity contribution in [2.75, 3.05) is 38.9 Å². The van der Waals surface area contributed by atoms with E-state index in [1.165, 1.54) is 0 Å². The van der Waals surface area contributed by atoms with Gasteiger partial charge in [-0.3, -0.25) is 13.8 Å². The zero-order chi connectivity index (χ0) is 20.8. The number of benzene rings is 2. The maximum Gasteiger partial charge on any atom is 0.261 e. The zero-order valence-corrected chi connectivity index (χ0v) is 17.3. The average Bonchev–Trinajstić information content (AvgIpc) is 2.72. The van der Waals surface area contributed by atoms with Gasteiger partial charge in [0.1, 0.15) is 5.82 Å². The van der Waals surface area contributed by atoms with Gasteiger partial charge < -0.3 is 9.64 Å². The molecular weight excluding hydrogens is 369 g/mol. The van der Waals surface area contributed by atoms with Crippen LogP contribution in [-0.4, -0.2) is 43.5 Å². The third-order valence-electron chi connectivity index (χ3n) is 5.17. The lowest BCUT2D eigenvalue weighted by molar-refractivity contribution is 0.152. The molecule has 6 heteroatoms. The molecule has 0 fully saturated rings. The molecule has 3 rings (SSSR count). The fourth-order valence-corrected chi connectivity index (χ4v) is 3.69. The number of anilines is 1. The molecule has 1 heterocycles. The van der Waals surface area contributed by atoms with Crippen LogP contribution in [0.25, 0.3) is 10.9 Å². The summed E-state index contributed by atoms with van der Waals surface area (Å²) in [5.74, 6) is 0.666. The van der Waals surface area contributed by atoms with Crippen molar-refractivity contribution in [2.24, 2.45) is 0 Å². The smallest absolute Gasteiger partial charge is 0.261 e. The lowest BCUT2D eigenvalue weighted by Gasteiger charge is -2.23. The lowest BCUT2D eigenvalue weighted by Crippen LogP contribution is -2.32. The van der Waals surface area contributed by atoms with E-state index in [9.17, 15) is 9.18 Å². The fourth-order valence-electron chi connectivity index (χ4n) is 3.69. The predicted molar refractivity (Wildman–Crippen MR) is 116 cm³/mol. The molecule has 5 nitrogen and oxygen atoms in total. The summed E-state index contributed by atoms with van der Waals surface area (Å²) in [6, 6.07) is 15.5. The van der Waals surface area contributed by atoms with Crippen LogP contribution in [-0.2, 0) is 11.2 Å². The topological polar surface area (TPSA) is 47.4 Å². The highest BCUT2D eigenvalue weighted by Crippen LogP contribution is 2.21. The maximum atomic E-state index is 13.4. The monoisotopic (exact) mass is 397 g/mol. The predicted octanol–water partition coefficient (Wildman–Crippen LogP) is 3.93. The van der Waals surface area contributed by atoms with Crippen molar-refractivity contribution in [3.8, 4) is 0 Å². The Morgan fingerprint density at radius 2 is 1.97 bits per heavy atom. The maximum absolute atomic E-state index is 13.4. The SMILES string of the molecule is COC[C@H](Cc1ccccc1)n1c(C)nc2ccc(N(C)CCCF)cc2c1=O. The third kappa shape index (κ3) is 4.82. The quantitative estimate of drug-likeness (QED) is 0.549. The van der Waals surface area contributed by atoms with Crippen molar-refractivity contribution in [3.63, 3.8) is 0 Å². The van der Waals surface area contributed by atoms with Crippen molar-refractivity contribution in [1.29, 1.82) is 0 Å². The number of alkyl halides is 1. The van der Waals surface area contributed by atoms with Gasteiger partial charge in [-0.1, -0.05) is 30.3 Å². The molecule has 0 spiro atoms. The van der Waals surface area contributed by atoms with Crippen molar-refractivity contribution in [2.45, 2.75) is 25.8 Å². The van der Waals surface area contributed by atoms with Gasteiger partial charge in [0, 0.05) is 26.4 Å². The highest BCUT2D eigenvalue weighted by atomic mass is 19.1. The van der Waals surface area contributed by atoms with Crippen LogP contribution in [0.2, 0.25) is 0 Å². The first-order chi connectivity index (χ1) is 14.0. The van der Waals surface area contributed by atoms with Crippen LogP contribution in [0.3, 0.4) is 0 Å². The molecule has 0 N–H and O–H groups in total. The fraction of sp³-hybridized carbons (Fsp3) is 0.391. The highest BCUT2D eigenvalue weighted by molar-refractivity contribution is 5.81. The normalized spacial score (nSPS) is 12.3. The van der Waals surface area contributed by atoms with Crippen LogP contribution in [0, 0.1) is 6.92 Å². The Morgan fingerprint density at radius 3 is 2.66 bits per heavy atom. The number of aromatic nitrogens is 2. The van der Waals surface area contributed by atoms with E-state index in [0.29, 0.717) is 42.7 Å². The van der Waals surface area contributed by atoms with Gasteiger partial charge in [0.2, 0.25) is 0 Å². The van der Waals surface area contributed by atoms with Gasteiger partial charge in [-0.2, -0.15) is 0 Å². The molecule has 0 unspecified atom stereocenters. The molecule has 2 aromatic carbocycles. The molecule has 1 atom stereocenters. The lowest BCUT2D eigenvalue weighted by atomic mass is 10.1. The minimum absolute atomic E-state index is 0.0776. The highest BCUT2D eigenvalue weighted by Gasteiger charge is 2.19. The van der Waals surface area contributed by atoms with Crippen LogP contribution in [0.1, 0.15) is 23.9 Å². The molecule has 0 bridgehead atoms. The van der Waals surface area contributed by atoms with Gasteiger partial charge in [-0.25, -0.2) is 4.98 Å². The number of hydrogen-bond donors (Lipinski definition) is 0. The molecule has 0 saturated carbocycles. The first-order valence-corrected chi connectivity index (χ1v) is 9.88. The van der Waals surface area contributed by atoms with Crippen molar-refractivity contribution in [1.82, 2.24) is 9.55 Å². The van der Waals surface area contributed by atoms with Crippen LogP contribution in [0.5, 0.6) is 0 Å².